The van der Waals surface area contributed by atoms with E-state index in [0.717, 1.165) is 54.4 Å². The van der Waals surface area contributed by atoms with Crippen LogP contribution in [0.2, 0.25) is 0 Å². The third kappa shape index (κ3) is 6.62. The number of hydrogen-bond donors (Lipinski definition) is 2. The molecule has 1 aromatic heterocycles. The molecule has 0 aliphatic carbocycles. The van der Waals surface area contributed by atoms with Crippen molar-refractivity contribution in [2.24, 2.45) is 5.41 Å². The lowest BCUT2D eigenvalue weighted by atomic mass is 9.73. The predicted octanol–water partition coefficient (Wildman–Crippen LogP) is 2.37. The monoisotopic (exact) mass is 546 g/mol. The van der Waals surface area contributed by atoms with Gasteiger partial charge in [0.15, 0.2) is 0 Å². The number of rotatable bonds is 6. The number of hydrogen-bond acceptors (Lipinski definition) is 7. The van der Waals surface area contributed by atoms with Crippen molar-refractivity contribution in [3.8, 4) is 11.5 Å². The van der Waals surface area contributed by atoms with E-state index in [2.05, 4.69) is 25.8 Å². The molecule has 0 unspecified atom stereocenters. The van der Waals surface area contributed by atoms with E-state index in [0.29, 0.717) is 38.8 Å². The van der Waals surface area contributed by atoms with Crippen molar-refractivity contribution in [1.82, 2.24) is 30.5 Å². The summed E-state index contributed by atoms with van der Waals surface area (Å²) >= 11 is 0. The average Bonchev–Trinajstić information content (AvgIpc) is 3.42. The Kier molecular flexibility index (Phi) is 8.64. The zero-order valence-corrected chi connectivity index (χ0v) is 23.3. The van der Waals surface area contributed by atoms with Crippen LogP contribution in [0.5, 0.6) is 11.5 Å². The zero-order chi connectivity index (χ0) is 28.0. The molecule has 3 aromatic rings. The second kappa shape index (κ2) is 12.5. The van der Waals surface area contributed by atoms with E-state index in [1.54, 1.807) is 18.9 Å². The molecule has 2 amide bonds. The number of piperidine rings is 1. The van der Waals surface area contributed by atoms with Crippen LogP contribution >= 0.6 is 0 Å². The van der Waals surface area contributed by atoms with E-state index in [1.165, 1.54) is 0 Å². The fraction of sp³-hybridized carbons (Fsp3) is 0.467. The number of methoxy groups -OCH3 is 2. The number of carbonyl (C=O) groups excluding carboxylic acids is 2. The van der Waals surface area contributed by atoms with Gasteiger partial charge in [-0.3, -0.25) is 19.2 Å². The first-order valence-electron chi connectivity index (χ1n) is 13.9. The summed E-state index contributed by atoms with van der Waals surface area (Å²) in [5.74, 6) is 1.25. The Morgan fingerprint density at radius 3 is 2.40 bits per heavy atom. The molecule has 2 aliphatic rings. The van der Waals surface area contributed by atoms with Gasteiger partial charge in [0.05, 0.1) is 25.3 Å². The Balaban J connectivity index is 1.36. The van der Waals surface area contributed by atoms with Crippen molar-refractivity contribution < 1.29 is 19.1 Å². The van der Waals surface area contributed by atoms with Gasteiger partial charge in [-0.1, -0.05) is 35.5 Å². The highest BCUT2D eigenvalue weighted by atomic mass is 16.5. The molecule has 2 bridgehead atoms. The normalized spacial score (nSPS) is 20.0. The zero-order valence-electron chi connectivity index (χ0n) is 23.3. The first-order chi connectivity index (χ1) is 19.5. The minimum atomic E-state index is -0.688. The fourth-order valence-electron chi connectivity index (χ4n) is 5.66. The van der Waals surface area contributed by atoms with E-state index in [-0.39, 0.29) is 11.8 Å². The molecule has 1 atom stereocenters. The standard InChI is InChI=1S/C30H38N6O4/c1-39-25-15-23(16-26(18-25)40-2)20-35-13-9-30(10-14-35)19-24-21-36(34-33-24)12-6-11-31-28(37)27(32-29(30)38)17-22-7-4-3-5-8-22/h3-5,7-8,15-16,18,21,27H,6,9-14,17,19-20H2,1-2H3,(H,31,37)(H,32,38)/t27-/m0/s1. The fourth-order valence-corrected chi connectivity index (χ4v) is 5.66. The molecule has 0 radical (unpaired) electrons. The Morgan fingerprint density at radius 2 is 1.70 bits per heavy atom. The maximum Gasteiger partial charge on any atom is 0.242 e. The maximum atomic E-state index is 14.1. The Bertz CT molecular complexity index is 1280. The van der Waals surface area contributed by atoms with Gasteiger partial charge in [-0.05, 0) is 55.6 Å². The number of carbonyl (C=O) groups is 2. The summed E-state index contributed by atoms with van der Waals surface area (Å²) in [6.45, 7) is 3.35. The minimum Gasteiger partial charge on any atom is -0.497 e. The number of ether oxygens (including phenoxy) is 2. The summed E-state index contributed by atoms with van der Waals surface area (Å²) in [7, 11) is 3.30. The molecular formula is C30H38N6O4. The summed E-state index contributed by atoms with van der Waals surface area (Å²) in [4.78, 5) is 29.7. The molecule has 5 rings (SSSR count). The minimum absolute atomic E-state index is 0.0972. The summed E-state index contributed by atoms with van der Waals surface area (Å²) in [6, 6.07) is 15.1. The third-order valence-corrected chi connectivity index (χ3v) is 7.99. The summed E-state index contributed by atoms with van der Waals surface area (Å²) in [5.41, 5.74) is 2.21. The van der Waals surface area contributed by atoms with Crippen LogP contribution in [0.3, 0.4) is 0 Å². The van der Waals surface area contributed by atoms with Crippen LogP contribution in [0.1, 0.15) is 36.1 Å². The first-order valence-corrected chi connectivity index (χ1v) is 13.9. The van der Waals surface area contributed by atoms with Crippen LogP contribution in [0, 0.1) is 5.41 Å². The Hall–Kier alpha value is -3.92. The van der Waals surface area contributed by atoms with Gasteiger partial charge in [0.25, 0.3) is 0 Å². The lowest BCUT2D eigenvalue weighted by molar-refractivity contribution is -0.137. The molecule has 1 fully saturated rings. The van der Waals surface area contributed by atoms with Crippen molar-refractivity contribution in [2.75, 3.05) is 33.9 Å². The number of aromatic nitrogens is 3. The molecule has 212 valence electrons. The Morgan fingerprint density at radius 1 is 0.975 bits per heavy atom. The Labute approximate surface area is 235 Å². The number of fused-ring (bicyclic) bond motifs is 2. The maximum absolute atomic E-state index is 14.1. The third-order valence-electron chi connectivity index (χ3n) is 7.99. The van der Waals surface area contributed by atoms with Crippen molar-refractivity contribution in [3.05, 3.63) is 71.5 Å². The number of benzene rings is 2. The second-order valence-electron chi connectivity index (χ2n) is 10.8. The van der Waals surface area contributed by atoms with E-state index in [9.17, 15) is 9.59 Å². The van der Waals surface area contributed by atoms with Crippen LogP contribution in [-0.2, 0) is 35.5 Å². The number of aryl methyl sites for hydroxylation is 1. The lowest BCUT2D eigenvalue weighted by Gasteiger charge is -2.41. The smallest absolute Gasteiger partial charge is 0.242 e. The van der Waals surface area contributed by atoms with Gasteiger partial charge in [-0.2, -0.15) is 0 Å². The quantitative estimate of drug-likeness (QED) is 0.488. The van der Waals surface area contributed by atoms with Gasteiger partial charge in [-0.25, -0.2) is 0 Å². The largest absolute Gasteiger partial charge is 0.497 e. The van der Waals surface area contributed by atoms with Crippen LogP contribution < -0.4 is 20.1 Å². The molecule has 3 heterocycles. The molecule has 10 nitrogen and oxygen atoms in total. The highest BCUT2D eigenvalue weighted by molar-refractivity contribution is 5.90. The first kappa shape index (κ1) is 27.6. The number of nitrogens with zero attached hydrogens (tertiary/aromatic N) is 4. The van der Waals surface area contributed by atoms with Gasteiger partial charge >= 0.3 is 0 Å². The molecule has 2 N–H and O–H groups in total. The van der Waals surface area contributed by atoms with Gasteiger partial charge in [0.1, 0.15) is 17.5 Å². The van der Waals surface area contributed by atoms with E-state index in [1.807, 2.05) is 54.7 Å². The van der Waals surface area contributed by atoms with Crippen LogP contribution in [-0.4, -0.2) is 71.6 Å². The van der Waals surface area contributed by atoms with Gasteiger partial charge < -0.3 is 20.1 Å². The molecule has 0 saturated carbocycles. The van der Waals surface area contributed by atoms with Crippen molar-refractivity contribution in [3.63, 3.8) is 0 Å². The van der Waals surface area contributed by atoms with Crippen LogP contribution in [0.25, 0.3) is 0 Å². The molecule has 40 heavy (non-hydrogen) atoms. The predicted molar refractivity (Wildman–Crippen MR) is 150 cm³/mol. The summed E-state index contributed by atoms with van der Waals surface area (Å²) < 4.78 is 12.7. The second-order valence-corrected chi connectivity index (χ2v) is 10.8. The lowest BCUT2D eigenvalue weighted by Crippen LogP contribution is -2.56. The van der Waals surface area contributed by atoms with Gasteiger partial charge in [0, 0.05) is 44.7 Å². The highest BCUT2D eigenvalue weighted by Gasteiger charge is 2.43. The molecule has 1 saturated heterocycles. The molecular weight excluding hydrogens is 508 g/mol. The van der Waals surface area contributed by atoms with Crippen molar-refractivity contribution in [1.29, 1.82) is 0 Å². The molecule has 1 spiro atoms. The molecule has 2 aromatic carbocycles. The van der Waals surface area contributed by atoms with E-state index < -0.39 is 11.5 Å². The molecule has 2 aliphatic heterocycles. The SMILES string of the molecule is COc1cc(CN2CCC3(CC2)Cc2cn(nn2)CCCNC(=O)[C@H](Cc2ccccc2)NC3=O)cc(OC)c1. The summed E-state index contributed by atoms with van der Waals surface area (Å²) in [6.07, 6.45) is 4.88. The highest BCUT2D eigenvalue weighted by Crippen LogP contribution is 2.36. The summed E-state index contributed by atoms with van der Waals surface area (Å²) in [5, 5.41) is 14.8. The molecule has 10 heteroatoms. The van der Waals surface area contributed by atoms with E-state index >= 15 is 0 Å². The number of likely N-dealkylation sites (tertiary alicyclic amines) is 1. The van der Waals surface area contributed by atoms with Crippen molar-refractivity contribution >= 4 is 11.8 Å². The number of nitrogens with one attached hydrogen (secondary N) is 2. The van der Waals surface area contributed by atoms with E-state index in [4.69, 9.17) is 9.47 Å². The van der Waals surface area contributed by atoms with Gasteiger partial charge in [0.2, 0.25) is 11.8 Å². The van der Waals surface area contributed by atoms with Gasteiger partial charge in [-0.15, -0.1) is 5.10 Å². The number of amides is 2. The average molecular weight is 547 g/mol. The van der Waals surface area contributed by atoms with Crippen LogP contribution in [0.15, 0.2) is 54.7 Å². The topological polar surface area (TPSA) is 111 Å². The van der Waals surface area contributed by atoms with Crippen LogP contribution in [0.4, 0.5) is 0 Å². The van der Waals surface area contributed by atoms with Crippen molar-refractivity contribution in [2.45, 2.75) is 51.2 Å².